The van der Waals surface area contributed by atoms with Crippen LogP contribution in [0.15, 0.2) is 48.7 Å². The number of rotatable bonds is 10. The van der Waals surface area contributed by atoms with Gasteiger partial charge in [-0.3, -0.25) is 9.59 Å². The Morgan fingerprint density at radius 1 is 0.914 bits per heavy atom. The van der Waals surface area contributed by atoms with Crippen molar-refractivity contribution in [2.24, 2.45) is 30.2 Å². The van der Waals surface area contributed by atoms with Crippen LogP contribution in [0.3, 0.4) is 0 Å². The van der Waals surface area contributed by atoms with Gasteiger partial charge in [0, 0.05) is 32.0 Å². The van der Waals surface area contributed by atoms with Gasteiger partial charge in [-0.1, -0.05) is 43.7 Å². The molecule has 0 N–H and O–H groups in total. The molecule has 0 radical (unpaired) electrons. The number of nitrogens with zero attached hydrogens (tertiary/aromatic N) is 3. The van der Waals surface area contributed by atoms with Crippen molar-refractivity contribution in [1.29, 1.82) is 0 Å². The topological polar surface area (TPSA) is 45.6 Å². The standard InChI is InChI=1S/C30H41N3O2/c1-3-4-13-32(29(35)30-17-24-14-25(18-30)16-26(15-24)19-30)22-28(34)33(20-23-9-6-5-7-10-23)21-27-11-8-12-31(27)2/h5-12,24-26H,3-4,13-22H2,1-2H3. The first kappa shape index (κ1) is 24.1. The van der Waals surface area contributed by atoms with Gasteiger partial charge in [-0.05, 0) is 80.4 Å². The normalized spacial score (nSPS) is 26.6. The van der Waals surface area contributed by atoms with E-state index in [1.165, 1.54) is 19.3 Å². The van der Waals surface area contributed by atoms with Gasteiger partial charge in [0.1, 0.15) is 0 Å². The summed E-state index contributed by atoms with van der Waals surface area (Å²) in [5.74, 6) is 2.49. The largest absolute Gasteiger partial charge is 0.353 e. The number of aromatic nitrogens is 1. The molecule has 1 aromatic carbocycles. The van der Waals surface area contributed by atoms with Crippen molar-refractivity contribution in [2.45, 2.75) is 71.4 Å². The molecular weight excluding hydrogens is 434 g/mol. The summed E-state index contributed by atoms with van der Waals surface area (Å²) in [5, 5.41) is 0. The molecule has 4 aliphatic carbocycles. The molecule has 6 rings (SSSR count). The fraction of sp³-hybridized carbons (Fsp3) is 0.600. The number of hydrogen-bond donors (Lipinski definition) is 0. The van der Waals surface area contributed by atoms with Gasteiger partial charge < -0.3 is 14.4 Å². The van der Waals surface area contributed by atoms with Gasteiger partial charge in [-0.15, -0.1) is 0 Å². The van der Waals surface area contributed by atoms with E-state index in [1.807, 2.05) is 47.3 Å². The summed E-state index contributed by atoms with van der Waals surface area (Å²) >= 11 is 0. The monoisotopic (exact) mass is 475 g/mol. The lowest BCUT2D eigenvalue weighted by molar-refractivity contribution is -0.160. The number of amides is 2. The molecule has 1 aromatic heterocycles. The summed E-state index contributed by atoms with van der Waals surface area (Å²) < 4.78 is 2.07. The highest BCUT2D eigenvalue weighted by atomic mass is 16.2. The van der Waals surface area contributed by atoms with Crippen LogP contribution in [-0.4, -0.2) is 39.3 Å². The van der Waals surface area contributed by atoms with Crippen LogP contribution >= 0.6 is 0 Å². The Morgan fingerprint density at radius 2 is 1.57 bits per heavy atom. The molecule has 2 aromatic rings. The minimum Gasteiger partial charge on any atom is -0.353 e. The van der Waals surface area contributed by atoms with E-state index >= 15 is 0 Å². The smallest absolute Gasteiger partial charge is 0.242 e. The predicted molar refractivity (Wildman–Crippen MR) is 138 cm³/mol. The molecule has 0 saturated heterocycles. The number of aryl methyl sites for hydroxylation is 1. The highest BCUT2D eigenvalue weighted by molar-refractivity contribution is 5.88. The molecule has 0 spiro atoms. The van der Waals surface area contributed by atoms with E-state index in [-0.39, 0.29) is 23.8 Å². The highest BCUT2D eigenvalue weighted by Crippen LogP contribution is 2.60. The van der Waals surface area contributed by atoms with E-state index in [0.717, 1.165) is 61.1 Å². The molecule has 2 amide bonds. The predicted octanol–water partition coefficient (Wildman–Crippen LogP) is 5.40. The average molecular weight is 476 g/mol. The average Bonchev–Trinajstić information content (AvgIpc) is 3.24. The summed E-state index contributed by atoms with van der Waals surface area (Å²) in [6.07, 6.45) is 11.1. The summed E-state index contributed by atoms with van der Waals surface area (Å²) in [6.45, 7) is 4.14. The minimum atomic E-state index is -0.203. The number of carbonyl (C=O) groups is 2. The number of benzene rings is 1. The van der Waals surface area contributed by atoms with Crippen LogP contribution in [0, 0.1) is 23.2 Å². The van der Waals surface area contributed by atoms with E-state index in [4.69, 9.17) is 0 Å². The maximum absolute atomic E-state index is 14.1. The maximum atomic E-state index is 14.1. The summed E-state index contributed by atoms with van der Waals surface area (Å²) in [4.78, 5) is 31.8. The van der Waals surface area contributed by atoms with Gasteiger partial charge in [0.2, 0.25) is 11.8 Å². The van der Waals surface area contributed by atoms with Crippen molar-refractivity contribution >= 4 is 11.8 Å². The SMILES string of the molecule is CCCCN(CC(=O)N(Cc1ccccc1)Cc1cccn1C)C(=O)C12CC3CC(CC(C3)C1)C2. The molecule has 35 heavy (non-hydrogen) atoms. The fourth-order valence-electron chi connectivity index (χ4n) is 7.47. The summed E-state index contributed by atoms with van der Waals surface area (Å²) in [6, 6.07) is 14.3. The number of carbonyl (C=O) groups excluding carboxylic acids is 2. The second-order valence-electron chi connectivity index (χ2n) is 11.6. The lowest BCUT2D eigenvalue weighted by Gasteiger charge is -2.56. The van der Waals surface area contributed by atoms with Crippen LogP contribution in [-0.2, 0) is 29.7 Å². The molecule has 4 saturated carbocycles. The molecule has 0 unspecified atom stereocenters. The van der Waals surface area contributed by atoms with Crippen LogP contribution in [0.2, 0.25) is 0 Å². The summed E-state index contributed by atoms with van der Waals surface area (Å²) in [5.41, 5.74) is 2.01. The fourth-order valence-corrected chi connectivity index (χ4v) is 7.47. The zero-order valence-electron chi connectivity index (χ0n) is 21.5. The van der Waals surface area contributed by atoms with E-state index in [1.54, 1.807) is 0 Å². The molecule has 4 aliphatic rings. The quantitative estimate of drug-likeness (QED) is 0.462. The van der Waals surface area contributed by atoms with Crippen molar-refractivity contribution < 1.29 is 9.59 Å². The van der Waals surface area contributed by atoms with Crippen LogP contribution in [0.4, 0.5) is 0 Å². The number of hydrogen-bond acceptors (Lipinski definition) is 2. The van der Waals surface area contributed by atoms with Crippen molar-refractivity contribution in [2.75, 3.05) is 13.1 Å². The third kappa shape index (κ3) is 5.19. The highest BCUT2D eigenvalue weighted by Gasteiger charge is 2.55. The van der Waals surface area contributed by atoms with Gasteiger partial charge in [0.25, 0.3) is 0 Å². The Balaban J connectivity index is 1.35. The van der Waals surface area contributed by atoms with E-state index in [9.17, 15) is 9.59 Å². The molecule has 5 nitrogen and oxygen atoms in total. The van der Waals surface area contributed by atoms with Gasteiger partial charge in [-0.25, -0.2) is 0 Å². The Kier molecular flexibility index (Phi) is 7.04. The lowest BCUT2D eigenvalue weighted by Crippen LogP contribution is -2.56. The first-order valence-electron chi connectivity index (χ1n) is 13.7. The Hall–Kier alpha value is -2.56. The first-order chi connectivity index (χ1) is 17.0. The molecule has 1 heterocycles. The molecule has 4 fully saturated rings. The van der Waals surface area contributed by atoms with E-state index in [0.29, 0.717) is 19.6 Å². The molecule has 4 bridgehead atoms. The maximum Gasteiger partial charge on any atom is 0.242 e. The summed E-state index contributed by atoms with van der Waals surface area (Å²) in [7, 11) is 2.02. The van der Waals surface area contributed by atoms with Crippen LogP contribution in [0.1, 0.15) is 69.5 Å². The van der Waals surface area contributed by atoms with E-state index < -0.39 is 0 Å². The third-order valence-electron chi connectivity index (χ3n) is 8.86. The molecule has 0 aliphatic heterocycles. The molecular formula is C30H41N3O2. The van der Waals surface area contributed by atoms with Crippen LogP contribution in [0.5, 0.6) is 0 Å². The van der Waals surface area contributed by atoms with Gasteiger partial charge in [0.05, 0.1) is 18.5 Å². The van der Waals surface area contributed by atoms with Crippen LogP contribution in [0.25, 0.3) is 0 Å². The van der Waals surface area contributed by atoms with Gasteiger partial charge in [0.15, 0.2) is 0 Å². The first-order valence-corrected chi connectivity index (χ1v) is 13.7. The third-order valence-corrected chi connectivity index (χ3v) is 8.86. The van der Waals surface area contributed by atoms with Crippen molar-refractivity contribution in [1.82, 2.24) is 14.4 Å². The molecule has 0 atom stereocenters. The Morgan fingerprint density at radius 3 is 2.14 bits per heavy atom. The second kappa shape index (κ2) is 10.2. The molecule has 188 valence electrons. The lowest BCUT2D eigenvalue weighted by atomic mass is 9.49. The van der Waals surface area contributed by atoms with Gasteiger partial charge >= 0.3 is 0 Å². The zero-order chi connectivity index (χ0) is 24.4. The minimum absolute atomic E-state index is 0.0456. The van der Waals surface area contributed by atoms with E-state index in [2.05, 4.69) is 29.7 Å². The zero-order valence-corrected chi connectivity index (χ0v) is 21.5. The van der Waals surface area contributed by atoms with Crippen molar-refractivity contribution in [3.05, 3.63) is 59.9 Å². The Labute approximate surface area is 210 Å². The van der Waals surface area contributed by atoms with Crippen molar-refractivity contribution in [3.8, 4) is 0 Å². The van der Waals surface area contributed by atoms with Crippen LogP contribution < -0.4 is 0 Å². The molecule has 5 heteroatoms. The Bertz CT molecular complexity index is 992. The second-order valence-corrected chi connectivity index (χ2v) is 11.6. The number of unbranched alkanes of at least 4 members (excludes halogenated alkanes) is 1. The van der Waals surface area contributed by atoms with Gasteiger partial charge in [-0.2, -0.15) is 0 Å². The van der Waals surface area contributed by atoms with Crippen molar-refractivity contribution in [3.63, 3.8) is 0 Å².